The second-order valence-electron chi connectivity index (χ2n) is 5.75. The molecule has 2 aromatic carbocycles. The molecular weight excluding hydrogens is 376 g/mol. The molecule has 1 amide bonds. The predicted molar refractivity (Wildman–Crippen MR) is 104 cm³/mol. The Labute approximate surface area is 158 Å². The SMILES string of the molecule is COc1ccc(CCNC(=O)c2ccc(N(C)S(C)(=O)=O)cc2Cl)cc1. The molecule has 6 nitrogen and oxygen atoms in total. The van der Waals surface area contributed by atoms with E-state index in [1.165, 1.54) is 19.2 Å². The first-order valence-corrected chi connectivity index (χ1v) is 10.1. The third kappa shape index (κ3) is 5.12. The summed E-state index contributed by atoms with van der Waals surface area (Å²) in [7, 11) is -0.355. The number of ether oxygens (including phenoxy) is 1. The Hall–Kier alpha value is -2.25. The second-order valence-corrected chi connectivity index (χ2v) is 8.17. The number of halogens is 1. The Balaban J connectivity index is 1.98. The summed E-state index contributed by atoms with van der Waals surface area (Å²) in [6, 6.07) is 12.1. The molecule has 140 valence electrons. The lowest BCUT2D eigenvalue weighted by molar-refractivity contribution is 0.0954. The highest BCUT2D eigenvalue weighted by molar-refractivity contribution is 7.92. The van der Waals surface area contributed by atoms with Crippen molar-refractivity contribution in [2.75, 3.05) is 31.3 Å². The average Bonchev–Trinajstić information content (AvgIpc) is 2.60. The molecule has 26 heavy (non-hydrogen) atoms. The molecule has 8 heteroatoms. The monoisotopic (exact) mass is 396 g/mol. The van der Waals surface area contributed by atoms with Crippen LogP contribution in [-0.2, 0) is 16.4 Å². The molecule has 1 N–H and O–H groups in total. The van der Waals surface area contributed by atoms with Crippen LogP contribution in [0.25, 0.3) is 0 Å². The summed E-state index contributed by atoms with van der Waals surface area (Å²) in [5.41, 5.74) is 1.77. The first kappa shape index (κ1) is 20.1. The first-order valence-electron chi connectivity index (χ1n) is 7.87. The van der Waals surface area contributed by atoms with Gasteiger partial charge in [-0.15, -0.1) is 0 Å². The predicted octanol–water partition coefficient (Wildman–Crippen LogP) is 2.72. The molecule has 0 saturated heterocycles. The largest absolute Gasteiger partial charge is 0.497 e. The first-order chi connectivity index (χ1) is 12.2. The summed E-state index contributed by atoms with van der Waals surface area (Å²) in [6.07, 6.45) is 1.77. The summed E-state index contributed by atoms with van der Waals surface area (Å²) in [4.78, 5) is 12.3. The van der Waals surface area contributed by atoms with Crippen LogP contribution in [0.3, 0.4) is 0 Å². The van der Waals surface area contributed by atoms with Gasteiger partial charge in [-0.1, -0.05) is 23.7 Å². The number of nitrogens with one attached hydrogen (secondary N) is 1. The van der Waals surface area contributed by atoms with Crippen LogP contribution >= 0.6 is 11.6 Å². The van der Waals surface area contributed by atoms with Crippen LogP contribution in [0.15, 0.2) is 42.5 Å². The molecule has 0 spiro atoms. The lowest BCUT2D eigenvalue weighted by Gasteiger charge is -2.17. The minimum absolute atomic E-state index is 0.194. The summed E-state index contributed by atoms with van der Waals surface area (Å²) in [6.45, 7) is 0.451. The van der Waals surface area contributed by atoms with Gasteiger partial charge in [0.05, 0.1) is 29.6 Å². The number of hydrogen-bond acceptors (Lipinski definition) is 4. The van der Waals surface area contributed by atoms with Gasteiger partial charge in [-0.25, -0.2) is 8.42 Å². The van der Waals surface area contributed by atoms with Crippen molar-refractivity contribution >= 4 is 33.2 Å². The second kappa shape index (κ2) is 8.42. The molecule has 0 radical (unpaired) electrons. The molecule has 2 aromatic rings. The van der Waals surface area contributed by atoms with Gasteiger partial charge in [0.15, 0.2) is 0 Å². The van der Waals surface area contributed by atoms with Crippen LogP contribution in [0.4, 0.5) is 5.69 Å². The average molecular weight is 397 g/mol. The smallest absolute Gasteiger partial charge is 0.252 e. The van der Waals surface area contributed by atoms with E-state index in [1.54, 1.807) is 13.2 Å². The maximum atomic E-state index is 12.3. The fourth-order valence-corrected chi connectivity index (χ4v) is 3.04. The number of hydrogen-bond donors (Lipinski definition) is 1. The lowest BCUT2D eigenvalue weighted by atomic mass is 10.1. The molecule has 0 bridgehead atoms. The minimum Gasteiger partial charge on any atom is -0.497 e. The number of amides is 1. The Morgan fingerprint density at radius 1 is 1.19 bits per heavy atom. The molecule has 0 aromatic heterocycles. The van der Waals surface area contributed by atoms with Gasteiger partial charge >= 0.3 is 0 Å². The number of anilines is 1. The Bertz CT molecular complexity index is 883. The number of rotatable bonds is 7. The number of benzene rings is 2. The number of sulfonamides is 1. The Morgan fingerprint density at radius 2 is 1.85 bits per heavy atom. The maximum Gasteiger partial charge on any atom is 0.252 e. The quantitative estimate of drug-likeness (QED) is 0.780. The molecule has 0 aliphatic rings. The highest BCUT2D eigenvalue weighted by atomic mass is 35.5. The van der Waals surface area contributed by atoms with Crippen molar-refractivity contribution in [1.82, 2.24) is 5.32 Å². The summed E-state index contributed by atoms with van der Waals surface area (Å²) in [5.74, 6) is 0.473. The van der Waals surface area contributed by atoms with Gasteiger partial charge in [0, 0.05) is 13.6 Å². The number of carbonyl (C=O) groups excluding carboxylic acids is 1. The van der Waals surface area contributed by atoms with E-state index >= 15 is 0 Å². The highest BCUT2D eigenvalue weighted by Crippen LogP contribution is 2.24. The normalized spacial score (nSPS) is 11.1. The zero-order chi connectivity index (χ0) is 19.3. The van der Waals surface area contributed by atoms with Crippen LogP contribution < -0.4 is 14.4 Å². The van der Waals surface area contributed by atoms with Crippen molar-refractivity contribution in [2.45, 2.75) is 6.42 Å². The fraction of sp³-hybridized carbons (Fsp3) is 0.278. The maximum absolute atomic E-state index is 12.3. The van der Waals surface area contributed by atoms with Crippen molar-refractivity contribution in [1.29, 1.82) is 0 Å². The van der Waals surface area contributed by atoms with Gasteiger partial charge in [-0.2, -0.15) is 0 Å². The molecule has 0 saturated carbocycles. The third-order valence-corrected chi connectivity index (χ3v) is 5.44. The van der Waals surface area contributed by atoms with E-state index in [9.17, 15) is 13.2 Å². The molecule has 0 aliphatic carbocycles. The minimum atomic E-state index is -3.39. The van der Waals surface area contributed by atoms with E-state index in [2.05, 4.69) is 5.32 Å². The van der Waals surface area contributed by atoms with Crippen LogP contribution in [0.2, 0.25) is 5.02 Å². The van der Waals surface area contributed by atoms with E-state index in [0.717, 1.165) is 21.9 Å². The molecule has 2 rings (SSSR count). The topological polar surface area (TPSA) is 75.7 Å². The van der Waals surface area contributed by atoms with Gasteiger partial charge in [0.25, 0.3) is 5.91 Å². The molecule has 0 atom stereocenters. The van der Waals surface area contributed by atoms with Crippen molar-refractivity contribution in [3.05, 3.63) is 58.6 Å². The highest BCUT2D eigenvalue weighted by Gasteiger charge is 2.16. The number of carbonyl (C=O) groups is 1. The fourth-order valence-electron chi connectivity index (χ4n) is 2.28. The zero-order valence-electron chi connectivity index (χ0n) is 14.8. The molecule has 0 unspecified atom stereocenters. The lowest BCUT2D eigenvalue weighted by Crippen LogP contribution is -2.27. The molecule has 0 aliphatic heterocycles. The van der Waals surface area contributed by atoms with Crippen LogP contribution in [0, 0.1) is 0 Å². The number of nitrogens with zero attached hydrogens (tertiary/aromatic N) is 1. The van der Waals surface area contributed by atoms with E-state index in [1.807, 2.05) is 24.3 Å². The summed E-state index contributed by atoms with van der Waals surface area (Å²) >= 11 is 6.15. The standard InChI is InChI=1S/C18H21ClN2O4S/c1-21(26(3,23)24)14-6-9-16(17(19)12-14)18(22)20-11-10-13-4-7-15(25-2)8-5-13/h4-9,12H,10-11H2,1-3H3,(H,20,22). The van der Waals surface area contributed by atoms with Crippen molar-refractivity contribution in [3.63, 3.8) is 0 Å². The van der Waals surface area contributed by atoms with Crippen LogP contribution in [0.1, 0.15) is 15.9 Å². The molecular formula is C18H21ClN2O4S. The van der Waals surface area contributed by atoms with Crippen molar-refractivity contribution < 1.29 is 17.9 Å². The van der Waals surface area contributed by atoms with Gasteiger partial charge in [0.1, 0.15) is 5.75 Å². The zero-order valence-corrected chi connectivity index (χ0v) is 16.4. The summed E-state index contributed by atoms with van der Waals surface area (Å²) in [5, 5.41) is 3.00. The Kier molecular flexibility index (Phi) is 6.50. The molecule has 0 fully saturated rings. The van der Waals surface area contributed by atoms with Crippen LogP contribution in [0.5, 0.6) is 5.75 Å². The van der Waals surface area contributed by atoms with Gasteiger partial charge in [0.2, 0.25) is 10.0 Å². The van der Waals surface area contributed by atoms with E-state index < -0.39 is 10.0 Å². The molecule has 0 heterocycles. The van der Waals surface area contributed by atoms with Gasteiger partial charge in [-0.05, 0) is 42.3 Å². The van der Waals surface area contributed by atoms with Crippen molar-refractivity contribution in [3.8, 4) is 5.75 Å². The number of methoxy groups -OCH3 is 1. The Morgan fingerprint density at radius 3 is 2.38 bits per heavy atom. The van der Waals surface area contributed by atoms with E-state index in [0.29, 0.717) is 24.2 Å². The van der Waals surface area contributed by atoms with Crippen LogP contribution in [-0.4, -0.2) is 41.3 Å². The van der Waals surface area contributed by atoms with E-state index in [-0.39, 0.29) is 10.9 Å². The summed E-state index contributed by atoms with van der Waals surface area (Å²) < 4.78 is 29.4. The van der Waals surface area contributed by atoms with Crippen molar-refractivity contribution in [2.24, 2.45) is 0 Å². The van der Waals surface area contributed by atoms with Gasteiger partial charge in [-0.3, -0.25) is 9.10 Å². The van der Waals surface area contributed by atoms with E-state index in [4.69, 9.17) is 16.3 Å². The van der Waals surface area contributed by atoms with Gasteiger partial charge < -0.3 is 10.1 Å². The third-order valence-electron chi connectivity index (χ3n) is 3.92.